The molecule has 2 rings (SSSR count). The van der Waals surface area contributed by atoms with Gasteiger partial charge in [0, 0.05) is 0 Å². The predicted molar refractivity (Wildman–Crippen MR) is 57.7 cm³/mol. The van der Waals surface area contributed by atoms with Crippen molar-refractivity contribution in [1.29, 1.82) is 0 Å². The first-order valence-corrected chi connectivity index (χ1v) is 5.68. The van der Waals surface area contributed by atoms with Crippen molar-refractivity contribution in [3.05, 3.63) is 0 Å². The van der Waals surface area contributed by atoms with Crippen LogP contribution in [0.2, 0.25) is 0 Å². The van der Waals surface area contributed by atoms with Crippen LogP contribution >= 0.6 is 0 Å². The van der Waals surface area contributed by atoms with Gasteiger partial charge in [0.1, 0.15) is 11.0 Å². The third-order valence-corrected chi connectivity index (χ3v) is 4.99. The van der Waals surface area contributed by atoms with Gasteiger partial charge >= 0.3 is 5.97 Å². The van der Waals surface area contributed by atoms with Crippen molar-refractivity contribution in [3.63, 3.8) is 0 Å². The Balaban J connectivity index is 2.72. The molecule has 0 saturated carbocycles. The smallest absolute Gasteiger partial charge is 0.338 e. The third-order valence-electron chi connectivity index (χ3n) is 4.99. The van der Waals surface area contributed by atoms with E-state index in [2.05, 4.69) is 0 Å². The van der Waals surface area contributed by atoms with Gasteiger partial charge in [-0.15, -0.1) is 0 Å². The molecule has 0 amide bonds. The van der Waals surface area contributed by atoms with Crippen LogP contribution in [-0.4, -0.2) is 54.3 Å². The fourth-order valence-corrected chi connectivity index (χ4v) is 3.18. The molecule has 2 aliphatic rings. The van der Waals surface area contributed by atoms with Crippen molar-refractivity contribution < 1.29 is 35.0 Å². The van der Waals surface area contributed by atoms with E-state index < -0.39 is 34.2 Å². The summed E-state index contributed by atoms with van der Waals surface area (Å²) in [6, 6.07) is 0. The van der Waals surface area contributed by atoms with E-state index >= 15 is 0 Å². The zero-order valence-corrected chi connectivity index (χ0v) is 11.1. The molecule has 2 heterocycles. The molecule has 3 atom stereocenters. The molecular weight excluding hydrogens is 244 g/mol. The van der Waals surface area contributed by atoms with Gasteiger partial charge in [0.05, 0.1) is 5.60 Å². The van der Waals surface area contributed by atoms with Crippen molar-refractivity contribution in [2.45, 2.75) is 63.4 Å². The van der Waals surface area contributed by atoms with Gasteiger partial charge in [0.2, 0.25) is 0 Å². The first-order valence-electron chi connectivity index (χ1n) is 5.68. The highest BCUT2D eigenvalue weighted by Gasteiger charge is 2.88. The second kappa shape index (κ2) is 2.90. The fraction of sp³-hybridized carbons (Fsp3) is 1.00. The average molecular weight is 264 g/mol. The minimum Gasteiger partial charge on any atom is -0.386 e. The van der Waals surface area contributed by atoms with Crippen molar-refractivity contribution in [2.24, 2.45) is 5.41 Å². The number of ether oxygens (including phenoxy) is 2. The predicted octanol–water partition coefficient (Wildman–Crippen LogP) is -1.38. The molecule has 2 saturated heterocycles. The standard InChI is InChI=1S/C11H20O7/c1-6(2)8(4,12)7(3)9(5,17-6)18-11(15,16)10(7,13)14/h12-16H,1-5H3. The minimum atomic E-state index is -3.24. The molecule has 3 unspecified atom stereocenters. The fourth-order valence-electron chi connectivity index (χ4n) is 3.18. The van der Waals surface area contributed by atoms with E-state index in [-0.39, 0.29) is 0 Å². The molecule has 18 heavy (non-hydrogen) atoms. The summed E-state index contributed by atoms with van der Waals surface area (Å²) in [7, 11) is 0. The second-order valence-corrected chi connectivity index (χ2v) is 6.14. The van der Waals surface area contributed by atoms with Crippen LogP contribution in [0.25, 0.3) is 0 Å². The van der Waals surface area contributed by atoms with Crippen LogP contribution < -0.4 is 0 Å². The van der Waals surface area contributed by atoms with Gasteiger partial charge in [-0.3, -0.25) is 4.74 Å². The Kier molecular flexibility index (Phi) is 2.28. The first kappa shape index (κ1) is 14.1. The van der Waals surface area contributed by atoms with Gasteiger partial charge in [-0.25, -0.2) is 0 Å². The third kappa shape index (κ3) is 1.06. The van der Waals surface area contributed by atoms with Gasteiger partial charge in [-0.1, -0.05) is 0 Å². The molecule has 106 valence electrons. The Hall–Kier alpha value is -0.280. The molecule has 2 aliphatic heterocycles. The van der Waals surface area contributed by atoms with Crippen molar-refractivity contribution in [3.8, 4) is 0 Å². The minimum absolute atomic E-state index is 1.18. The summed E-state index contributed by atoms with van der Waals surface area (Å²) < 4.78 is 10.4. The van der Waals surface area contributed by atoms with Gasteiger partial charge < -0.3 is 30.3 Å². The number of aliphatic hydroxyl groups is 5. The SMILES string of the molecule is CC1(C)OC2(C)OC(O)(O)C(O)(O)C2(C)C1(C)O. The molecule has 0 spiro atoms. The van der Waals surface area contributed by atoms with Crippen LogP contribution in [0.3, 0.4) is 0 Å². The molecule has 0 radical (unpaired) electrons. The van der Waals surface area contributed by atoms with Crippen LogP contribution in [0.15, 0.2) is 0 Å². The topological polar surface area (TPSA) is 120 Å². The summed E-state index contributed by atoms with van der Waals surface area (Å²) in [5, 5.41) is 50.0. The molecule has 5 N–H and O–H groups in total. The normalized spacial score (nSPS) is 52.3. The van der Waals surface area contributed by atoms with Gasteiger partial charge in [-0.2, -0.15) is 0 Å². The van der Waals surface area contributed by atoms with Gasteiger partial charge in [0.25, 0.3) is 5.79 Å². The molecule has 7 heteroatoms. The highest BCUT2D eigenvalue weighted by Crippen LogP contribution is 2.68. The van der Waals surface area contributed by atoms with Crippen molar-refractivity contribution >= 4 is 0 Å². The van der Waals surface area contributed by atoms with E-state index in [0.29, 0.717) is 0 Å². The second-order valence-electron chi connectivity index (χ2n) is 6.14. The highest BCUT2D eigenvalue weighted by molar-refractivity contribution is 5.24. The summed E-state index contributed by atoms with van der Waals surface area (Å²) in [5.74, 6) is -8.12. The molecule has 0 aromatic heterocycles. The first-order chi connectivity index (χ1) is 7.66. The molecule has 2 fully saturated rings. The van der Waals surface area contributed by atoms with E-state index in [1.165, 1.54) is 20.8 Å². The van der Waals surface area contributed by atoms with Crippen LogP contribution in [0.5, 0.6) is 0 Å². The van der Waals surface area contributed by atoms with Crippen molar-refractivity contribution in [1.82, 2.24) is 0 Å². The molecule has 7 nitrogen and oxygen atoms in total. The number of fused-ring (bicyclic) bond motifs is 1. The largest absolute Gasteiger partial charge is 0.386 e. The maximum atomic E-state index is 10.6. The van der Waals surface area contributed by atoms with E-state index in [9.17, 15) is 25.5 Å². The molecule has 0 aromatic carbocycles. The maximum absolute atomic E-state index is 10.6. The Morgan fingerprint density at radius 3 is 1.56 bits per heavy atom. The van der Waals surface area contributed by atoms with E-state index in [0.717, 1.165) is 0 Å². The molecule has 0 aliphatic carbocycles. The van der Waals surface area contributed by atoms with Crippen molar-refractivity contribution in [2.75, 3.05) is 0 Å². The lowest BCUT2D eigenvalue weighted by Gasteiger charge is -2.46. The molecular formula is C11H20O7. The summed E-state index contributed by atoms with van der Waals surface area (Å²) in [6.07, 6.45) is 0. The van der Waals surface area contributed by atoms with Gasteiger partial charge in [-0.05, 0) is 34.6 Å². The highest BCUT2D eigenvalue weighted by atomic mass is 16.9. The lowest BCUT2D eigenvalue weighted by Crippen LogP contribution is -2.68. The lowest BCUT2D eigenvalue weighted by atomic mass is 9.61. The summed E-state index contributed by atoms with van der Waals surface area (Å²) in [5.41, 5.74) is -4.84. The average Bonchev–Trinajstić information content (AvgIpc) is 2.27. The number of hydrogen-bond donors (Lipinski definition) is 5. The monoisotopic (exact) mass is 264 g/mol. The number of rotatable bonds is 0. The Labute approximate surface area is 105 Å². The van der Waals surface area contributed by atoms with Crippen LogP contribution in [0, 0.1) is 5.41 Å². The Bertz CT molecular complexity index is 366. The van der Waals surface area contributed by atoms with Gasteiger partial charge in [0.15, 0.2) is 5.79 Å². The summed E-state index contributed by atoms with van der Waals surface area (Å²) >= 11 is 0. The van der Waals surface area contributed by atoms with E-state index in [4.69, 9.17) is 9.47 Å². The summed E-state index contributed by atoms with van der Waals surface area (Å²) in [6.45, 7) is 7.04. The van der Waals surface area contributed by atoms with Crippen LogP contribution in [-0.2, 0) is 9.47 Å². The number of hydrogen-bond acceptors (Lipinski definition) is 7. The van der Waals surface area contributed by atoms with Crippen LogP contribution in [0.1, 0.15) is 34.6 Å². The van der Waals surface area contributed by atoms with E-state index in [1.54, 1.807) is 13.8 Å². The molecule has 0 aromatic rings. The van der Waals surface area contributed by atoms with Crippen LogP contribution in [0.4, 0.5) is 0 Å². The zero-order chi connectivity index (χ0) is 14.4. The molecule has 0 bridgehead atoms. The quantitative estimate of drug-likeness (QED) is 0.342. The Morgan fingerprint density at radius 1 is 0.722 bits per heavy atom. The van der Waals surface area contributed by atoms with E-state index in [1.807, 2.05) is 0 Å². The maximum Gasteiger partial charge on any atom is 0.338 e. The Morgan fingerprint density at radius 2 is 1.17 bits per heavy atom. The zero-order valence-electron chi connectivity index (χ0n) is 11.1. The lowest BCUT2D eigenvalue weighted by molar-refractivity contribution is -0.462. The summed E-state index contributed by atoms with van der Waals surface area (Å²) in [4.78, 5) is 0.